The van der Waals surface area contributed by atoms with E-state index in [9.17, 15) is 9.59 Å². The number of nitrogens with zero attached hydrogens (tertiary/aromatic N) is 9. The van der Waals surface area contributed by atoms with Gasteiger partial charge in [-0.15, -0.1) is 0 Å². The molecule has 0 aliphatic rings. The predicted octanol–water partition coefficient (Wildman–Crippen LogP) is 7.74. The Morgan fingerprint density at radius 3 is 1.95 bits per heavy atom. The Labute approximate surface area is 380 Å². The third-order valence-electron chi connectivity index (χ3n) is 9.26. The number of benzene rings is 3. The zero-order chi connectivity index (χ0) is 46.3. The number of hydrazine groups is 1. The molecule has 16 nitrogen and oxygen atoms in total. The van der Waals surface area contributed by atoms with Gasteiger partial charge >= 0.3 is 12.1 Å². The van der Waals surface area contributed by atoms with Crippen LogP contribution in [0, 0.1) is 23.7 Å². The highest BCUT2D eigenvalue weighted by molar-refractivity contribution is 6.08. The first-order valence-electron chi connectivity index (χ1n) is 21.0. The van der Waals surface area contributed by atoms with Crippen molar-refractivity contribution in [3.05, 3.63) is 138 Å². The molecule has 0 saturated heterocycles. The molecule has 16 heteroatoms. The predicted molar refractivity (Wildman–Crippen MR) is 254 cm³/mol. The first-order valence-corrected chi connectivity index (χ1v) is 21.0. The van der Waals surface area contributed by atoms with E-state index in [0.29, 0.717) is 45.6 Å². The molecule has 3 aromatic carbocycles. The van der Waals surface area contributed by atoms with E-state index < -0.39 is 17.5 Å². The summed E-state index contributed by atoms with van der Waals surface area (Å²) >= 11 is 0. The number of hydrogen-bond acceptors (Lipinski definition) is 13. The van der Waals surface area contributed by atoms with Crippen LogP contribution in [0.15, 0.2) is 114 Å². The number of para-hydroxylation sites is 1. The summed E-state index contributed by atoms with van der Waals surface area (Å²) in [5, 5.41) is 15.9. The lowest BCUT2D eigenvalue weighted by Crippen LogP contribution is -2.53. The molecule has 0 saturated carbocycles. The Balaban J connectivity index is 1.30. The zero-order valence-corrected chi connectivity index (χ0v) is 38.0. The molecular weight excluding hydrogens is 821 g/mol. The van der Waals surface area contributed by atoms with Crippen LogP contribution >= 0.6 is 0 Å². The maximum absolute atomic E-state index is 14.7. The highest BCUT2D eigenvalue weighted by Gasteiger charge is 2.35. The van der Waals surface area contributed by atoms with Gasteiger partial charge in [-0.1, -0.05) is 79.9 Å². The highest BCUT2D eigenvalue weighted by atomic mass is 16.6. The van der Waals surface area contributed by atoms with Crippen molar-refractivity contribution in [2.75, 3.05) is 73.8 Å². The summed E-state index contributed by atoms with van der Waals surface area (Å²) in [5.74, 6) is 14.2. The van der Waals surface area contributed by atoms with Gasteiger partial charge in [-0.2, -0.15) is 10.0 Å². The molecule has 0 spiro atoms. The van der Waals surface area contributed by atoms with E-state index in [1.54, 1.807) is 104 Å². The largest absolute Gasteiger partial charge is 0.439 e. The minimum Gasteiger partial charge on any atom is -0.409 e. The van der Waals surface area contributed by atoms with Gasteiger partial charge in [-0.05, 0) is 96.6 Å². The number of anilines is 5. The van der Waals surface area contributed by atoms with Gasteiger partial charge < -0.3 is 35.0 Å². The van der Waals surface area contributed by atoms with Gasteiger partial charge in [0.15, 0.2) is 0 Å². The SMILES string of the molecule is CC(CN(C)C)Nc1ncc(C#Cc2cccc(NC(=O)N(c3cc(C(C)(C)C)on3)N(C(=O)Oc3ccccc3)c3cccc(C#Cc4cnc(NCCCN(C)C)nc4)c3)c2)cn1. The normalized spacial score (nSPS) is 11.4. The first-order chi connectivity index (χ1) is 31.2. The van der Waals surface area contributed by atoms with Gasteiger partial charge in [0.1, 0.15) is 11.5 Å². The Kier molecular flexibility index (Phi) is 15.8. The van der Waals surface area contributed by atoms with Crippen molar-refractivity contribution in [3.63, 3.8) is 0 Å². The van der Waals surface area contributed by atoms with Gasteiger partial charge in [0.2, 0.25) is 17.7 Å². The second kappa shape index (κ2) is 22.0. The third-order valence-corrected chi connectivity index (χ3v) is 9.26. The summed E-state index contributed by atoms with van der Waals surface area (Å²) in [6.07, 6.45) is 6.63. The Bertz CT molecular complexity index is 2640. The van der Waals surface area contributed by atoms with Gasteiger partial charge in [0.25, 0.3) is 0 Å². The van der Waals surface area contributed by atoms with Crippen LogP contribution in [-0.2, 0) is 5.41 Å². The van der Waals surface area contributed by atoms with Crippen LogP contribution in [0.1, 0.15) is 62.1 Å². The average molecular weight is 875 g/mol. The number of urea groups is 1. The Morgan fingerprint density at radius 2 is 1.34 bits per heavy atom. The lowest BCUT2D eigenvalue weighted by atomic mass is 9.93. The van der Waals surface area contributed by atoms with Crippen molar-refractivity contribution >= 4 is 41.2 Å². The standard InChI is InChI=1S/C49H54N12O4/c1-35(34-59(7)8)55-46-53-32-39(33-54-46)23-21-36-15-12-17-40(27-36)56-47(62)61(44-29-43(65-57-44)49(2,3)4)60(48(63)64-42-19-10-9-11-20-42)41-18-13-16-37(28-41)22-24-38-30-51-45(52-31-38)50-25-14-26-58(5)6/h9-13,15-20,27-33,35H,14,25-26,34H2,1-8H3,(H,56,62)(H,50,51,52)(H,53,54,55). The first kappa shape index (κ1) is 46.7. The number of ether oxygens (including phenoxy) is 1. The van der Waals surface area contributed by atoms with Crippen LogP contribution in [0.25, 0.3) is 0 Å². The number of rotatable bonds is 13. The molecule has 1 atom stereocenters. The fraction of sp³-hybridized carbons (Fsp3) is 0.286. The van der Waals surface area contributed by atoms with E-state index >= 15 is 0 Å². The quantitative estimate of drug-likeness (QED) is 0.0586. The Hall–Kier alpha value is -7.79. The van der Waals surface area contributed by atoms with Crippen molar-refractivity contribution in [1.82, 2.24) is 34.9 Å². The van der Waals surface area contributed by atoms with E-state index in [0.717, 1.165) is 36.1 Å². The fourth-order valence-corrected chi connectivity index (χ4v) is 6.17. The van der Waals surface area contributed by atoms with Crippen LogP contribution in [0.5, 0.6) is 5.75 Å². The van der Waals surface area contributed by atoms with Crippen molar-refractivity contribution in [3.8, 4) is 29.4 Å². The minimum absolute atomic E-state index is 0.0199. The maximum atomic E-state index is 14.7. The molecule has 0 radical (unpaired) electrons. The van der Waals surface area contributed by atoms with E-state index in [2.05, 4.69) is 81.4 Å². The summed E-state index contributed by atoms with van der Waals surface area (Å²) < 4.78 is 11.6. The molecule has 6 aromatic rings. The smallest absolute Gasteiger partial charge is 0.409 e. The summed E-state index contributed by atoms with van der Waals surface area (Å²) in [4.78, 5) is 51.0. The van der Waals surface area contributed by atoms with Crippen molar-refractivity contribution in [2.24, 2.45) is 0 Å². The van der Waals surface area contributed by atoms with E-state index in [4.69, 9.17) is 9.26 Å². The lowest BCUT2D eigenvalue weighted by Gasteiger charge is -2.32. The lowest BCUT2D eigenvalue weighted by molar-refractivity contribution is 0.205. The third kappa shape index (κ3) is 14.1. The molecule has 334 valence electrons. The molecule has 0 aliphatic heterocycles. The molecule has 3 N–H and O–H groups in total. The van der Waals surface area contributed by atoms with E-state index in [1.165, 1.54) is 0 Å². The van der Waals surface area contributed by atoms with E-state index in [-0.39, 0.29) is 23.3 Å². The van der Waals surface area contributed by atoms with Crippen molar-refractivity contribution in [2.45, 2.75) is 45.6 Å². The van der Waals surface area contributed by atoms with Crippen LogP contribution in [0.4, 0.5) is 38.7 Å². The molecule has 3 aromatic heterocycles. The number of carbonyl (C=O) groups excluding carboxylic acids is 2. The molecule has 65 heavy (non-hydrogen) atoms. The highest BCUT2D eigenvalue weighted by Crippen LogP contribution is 2.31. The number of aromatic nitrogens is 5. The van der Waals surface area contributed by atoms with Crippen LogP contribution < -0.4 is 30.7 Å². The number of hydrogen-bond donors (Lipinski definition) is 3. The molecule has 1 unspecified atom stereocenters. The number of likely N-dealkylation sites (N-methyl/N-ethyl adjacent to an activating group) is 1. The number of amides is 3. The molecule has 3 amide bonds. The summed E-state index contributed by atoms with van der Waals surface area (Å²) in [6, 6.07) is 23.4. The van der Waals surface area contributed by atoms with Crippen LogP contribution in [0.3, 0.4) is 0 Å². The molecular formula is C49H54N12O4. The van der Waals surface area contributed by atoms with Gasteiger partial charge in [-0.3, -0.25) is 0 Å². The van der Waals surface area contributed by atoms with Gasteiger partial charge in [0.05, 0.1) is 16.8 Å². The fourth-order valence-electron chi connectivity index (χ4n) is 6.17. The Morgan fingerprint density at radius 1 is 0.723 bits per heavy atom. The summed E-state index contributed by atoms with van der Waals surface area (Å²) in [5.41, 5.74) is 2.49. The molecule has 3 heterocycles. The minimum atomic E-state index is -0.908. The number of carbonyl (C=O) groups is 2. The van der Waals surface area contributed by atoms with Gasteiger partial charge in [-0.25, -0.2) is 29.5 Å². The second-order valence-electron chi connectivity index (χ2n) is 16.6. The summed E-state index contributed by atoms with van der Waals surface area (Å²) in [6.45, 7) is 10.4. The van der Waals surface area contributed by atoms with Crippen LogP contribution in [0.2, 0.25) is 0 Å². The van der Waals surface area contributed by atoms with Crippen molar-refractivity contribution < 1.29 is 18.8 Å². The average Bonchev–Trinajstić information content (AvgIpc) is 3.78. The second-order valence-corrected chi connectivity index (χ2v) is 16.6. The maximum Gasteiger partial charge on any atom is 0.439 e. The number of nitrogens with one attached hydrogen (secondary N) is 3. The van der Waals surface area contributed by atoms with Gasteiger partial charge in [0, 0.05) is 72.2 Å². The topological polar surface area (TPSA) is 170 Å². The molecule has 0 aliphatic carbocycles. The zero-order valence-electron chi connectivity index (χ0n) is 38.0. The molecule has 6 rings (SSSR count). The molecule has 0 fully saturated rings. The van der Waals surface area contributed by atoms with Crippen LogP contribution in [-0.4, -0.2) is 101 Å². The van der Waals surface area contributed by atoms with E-state index in [1.807, 2.05) is 55.0 Å². The monoisotopic (exact) mass is 874 g/mol. The summed E-state index contributed by atoms with van der Waals surface area (Å²) in [7, 11) is 8.08. The molecule has 0 bridgehead atoms. The van der Waals surface area contributed by atoms with Crippen molar-refractivity contribution in [1.29, 1.82) is 0 Å².